The van der Waals surface area contributed by atoms with Gasteiger partial charge in [-0.3, -0.25) is 0 Å². The summed E-state index contributed by atoms with van der Waals surface area (Å²) in [7, 11) is 0. The molecular weight excluding hydrogens is 363 g/mol. The molecule has 0 bridgehead atoms. The van der Waals surface area contributed by atoms with E-state index in [2.05, 4.69) is 26.1 Å². The van der Waals surface area contributed by atoms with Crippen LogP contribution < -0.4 is 4.90 Å². The Morgan fingerprint density at radius 3 is 2.24 bits per heavy atom. The molecule has 2 aliphatic heterocycles. The molecule has 3 aliphatic rings. The zero-order chi connectivity index (χ0) is 19.8. The van der Waals surface area contributed by atoms with Crippen molar-refractivity contribution in [3.05, 3.63) is 41.7 Å². The number of aryl methyl sites for hydroxylation is 1. The number of piperidine rings is 2. The Labute approximate surface area is 173 Å². The molecule has 0 radical (unpaired) electrons. The molecule has 29 heavy (non-hydrogen) atoms. The molecule has 0 unspecified atom stereocenters. The predicted molar refractivity (Wildman–Crippen MR) is 114 cm³/mol. The average Bonchev–Trinajstić information content (AvgIpc) is 2.71. The van der Waals surface area contributed by atoms with Gasteiger partial charge in [0.2, 0.25) is 0 Å². The third-order valence-electron chi connectivity index (χ3n) is 7.70. The molecule has 4 nitrogen and oxygen atoms in total. The van der Waals surface area contributed by atoms with Crippen molar-refractivity contribution in [2.45, 2.75) is 57.9 Å². The van der Waals surface area contributed by atoms with Gasteiger partial charge in [-0.25, -0.2) is 4.39 Å². The first-order valence-corrected chi connectivity index (χ1v) is 11.2. The summed E-state index contributed by atoms with van der Waals surface area (Å²) in [5, 5.41) is 8.92. The van der Waals surface area contributed by atoms with Gasteiger partial charge in [-0.2, -0.15) is 0 Å². The topological polar surface area (TPSA) is 32.3 Å². The lowest BCUT2D eigenvalue weighted by Gasteiger charge is -2.50. The van der Waals surface area contributed by atoms with Gasteiger partial charge in [-0.15, -0.1) is 10.2 Å². The van der Waals surface area contributed by atoms with Crippen molar-refractivity contribution in [3.8, 4) is 11.3 Å². The van der Waals surface area contributed by atoms with Crippen molar-refractivity contribution in [3.63, 3.8) is 0 Å². The van der Waals surface area contributed by atoms with Crippen LogP contribution in [0.4, 0.5) is 10.2 Å². The van der Waals surface area contributed by atoms with E-state index in [4.69, 9.17) is 0 Å². The molecule has 0 atom stereocenters. The van der Waals surface area contributed by atoms with Crippen molar-refractivity contribution >= 4 is 5.82 Å². The van der Waals surface area contributed by atoms with Gasteiger partial charge < -0.3 is 9.80 Å². The molecule has 0 amide bonds. The number of rotatable bonds is 3. The molecule has 2 saturated heterocycles. The Hall–Kier alpha value is -2.01. The molecule has 1 saturated carbocycles. The van der Waals surface area contributed by atoms with E-state index in [0.717, 1.165) is 36.2 Å². The first-order chi connectivity index (χ1) is 14.1. The Bertz CT molecular complexity index is 844. The van der Waals surface area contributed by atoms with E-state index in [1.165, 1.54) is 64.1 Å². The van der Waals surface area contributed by atoms with Crippen molar-refractivity contribution in [1.82, 2.24) is 15.1 Å². The standard InChI is InChI=1S/C24H31FN4/c1-18-17-19(5-6-21(18)25)22-7-8-23(27-26-22)29-15-11-24(12-16-29)9-13-28(14-10-24)20-3-2-4-20/h5-8,17,20H,2-4,9-16H2,1H3. The summed E-state index contributed by atoms with van der Waals surface area (Å²) in [5.41, 5.74) is 2.90. The SMILES string of the molecule is Cc1cc(-c2ccc(N3CCC4(CC3)CCN(C3CCC3)CC4)nn2)ccc1F. The van der Waals surface area contributed by atoms with Crippen LogP contribution in [0.15, 0.2) is 30.3 Å². The van der Waals surface area contributed by atoms with Crippen LogP contribution in [0.25, 0.3) is 11.3 Å². The minimum absolute atomic E-state index is 0.181. The van der Waals surface area contributed by atoms with Crippen LogP contribution in [0, 0.1) is 18.2 Å². The molecule has 2 aromatic rings. The lowest BCUT2D eigenvalue weighted by atomic mass is 9.70. The molecule has 1 aromatic carbocycles. The highest BCUT2D eigenvalue weighted by Gasteiger charge is 2.39. The number of halogens is 1. The third kappa shape index (κ3) is 3.77. The first kappa shape index (κ1) is 19.0. The quantitative estimate of drug-likeness (QED) is 0.747. The molecular formula is C24H31FN4. The summed E-state index contributed by atoms with van der Waals surface area (Å²) in [6.45, 7) is 6.54. The fraction of sp³-hybridized carbons (Fsp3) is 0.583. The number of nitrogens with zero attached hydrogens (tertiary/aromatic N) is 4. The van der Waals surface area contributed by atoms with Crippen LogP contribution in [0.3, 0.4) is 0 Å². The fourth-order valence-corrected chi connectivity index (χ4v) is 5.28. The highest BCUT2D eigenvalue weighted by atomic mass is 19.1. The van der Waals surface area contributed by atoms with E-state index in [-0.39, 0.29) is 5.82 Å². The molecule has 1 aliphatic carbocycles. The van der Waals surface area contributed by atoms with Crippen molar-refractivity contribution in [1.29, 1.82) is 0 Å². The third-order valence-corrected chi connectivity index (χ3v) is 7.70. The van der Waals surface area contributed by atoms with Gasteiger partial charge >= 0.3 is 0 Å². The number of likely N-dealkylation sites (tertiary alicyclic amines) is 1. The van der Waals surface area contributed by atoms with Gasteiger partial charge in [0, 0.05) is 24.7 Å². The number of benzene rings is 1. The predicted octanol–water partition coefficient (Wildman–Crippen LogP) is 4.83. The van der Waals surface area contributed by atoms with Crippen LogP contribution in [-0.2, 0) is 0 Å². The number of hydrogen-bond donors (Lipinski definition) is 0. The monoisotopic (exact) mass is 394 g/mol. The molecule has 1 aromatic heterocycles. The number of anilines is 1. The summed E-state index contributed by atoms with van der Waals surface area (Å²) in [6.07, 6.45) is 9.55. The van der Waals surface area contributed by atoms with Crippen molar-refractivity contribution in [2.75, 3.05) is 31.1 Å². The maximum Gasteiger partial charge on any atom is 0.151 e. The highest BCUT2D eigenvalue weighted by molar-refractivity contribution is 5.60. The van der Waals surface area contributed by atoms with Crippen LogP contribution in [0.5, 0.6) is 0 Å². The molecule has 5 heteroatoms. The van der Waals surface area contributed by atoms with Gasteiger partial charge in [0.25, 0.3) is 0 Å². The van der Waals surface area contributed by atoms with E-state index in [1.54, 1.807) is 13.0 Å². The van der Waals surface area contributed by atoms with Gasteiger partial charge in [0.05, 0.1) is 5.69 Å². The second-order valence-corrected chi connectivity index (χ2v) is 9.35. The highest BCUT2D eigenvalue weighted by Crippen LogP contribution is 2.43. The maximum absolute atomic E-state index is 13.5. The van der Waals surface area contributed by atoms with Crippen LogP contribution in [0.2, 0.25) is 0 Å². The zero-order valence-electron chi connectivity index (χ0n) is 17.4. The van der Waals surface area contributed by atoms with E-state index in [0.29, 0.717) is 11.0 Å². The van der Waals surface area contributed by atoms with Crippen molar-refractivity contribution in [2.24, 2.45) is 5.41 Å². The summed E-state index contributed by atoms with van der Waals surface area (Å²) in [5.74, 6) is 0.786. The molecule has 3 fully saturated rings. The molecule has 154 valence electrons. The molecule has 1 spiro atoms. The van der Waals surface area contributed by atoms with Crippen LogP contribution in [0.1, 0.15) is 50.5 Å². The smallest absolute Gasteiger partial charge is 0.151 e. The van der Waals surface area contributed by atoms with Crippen LogP contribution >= 0.6 is 0 Å². The van der Waals surface area contributed by atoms with Crippen molar-refractivity contribution < 1.29 is 4.39 Å². The minimum atomic E-state index is -0.181. The average molecular weight is 395 g/mol. The minimum Gasteiger partial charge on any atom is -0.355 e. The molecule has 5 rings (SSSR count). The Morgan fingerprint density at radius 1 is 0.931 bits per heavy atom. The van der Waals surface area contributed by atoms with Crippen LogP contribution in [-0.4, -0.2) is 47.3 Å². The van der Waals surface area contributed by atoms with Gasteiger partial charge in [0.1, 0.15) is 5.82 Å². The Balaban J connectivity index is 1.19. The lowest BCUT2D eigenvalue weighted by molar-refractivity contribution is 0.0305. The maximum atomic E-state index is 13.5. The summed E-state index contributed by atoms with van der Waals surface area (Å²) in [6, 6.07) is 10.1. The zero-order valence-corrected chi connectivity index (χ0v) is 17.4. The van der Waals surface area contributed by atoms with E-state index in [9.17, 15) is 4.39 Å². The summed E-state index contributed by atoms with van der Waals surface area (Å²) < 4.78 is 13.5. The number of aromatic nitrogens is 2. The molecule has 0 N–H and O–H groups in total. The Morgan fingerprint density at radius 2 is 1.66 bits per heavy atom. The second kappa shape index (κ2) is 7.67. The fourth-order valence-electron chi connectivity index (χ4n) is 5.28. The lowest BCUT2D eigenvalue weighted by Crippen LogP contribution is -2.51. The summed E-state index contributed by atoms with van der Waals surface area (Å²) >= 11 is 0. The molecule has 3 heterocycles. The Kier molecular flexibility index (Phi) is 5.02. The van der Waals surface area contributed by atoms with E-state index >= 15 is 0 Å². The summed E-state index contributed by atoms with van der Waals surface area (Å²) in [4.78, 5) is 5.14. The van der Waals surface area contributed by atoms with Gasteiger partial charge in [0.15, 0.2) is 5.82 Å². The first-order valence-electron chi connectivity index (χ1n) is 11.2. The second-order valence-electron chi connectivity index (χ2n) is 9.35. The largest absolute Gasteiger partial charge is 0.355 e. The van der Waals surface area contributed by atoms with Gasteiger partial charge in [-0.1, -0.05) is 6.42 Å². The van der Waals surface area contributed by atoms with Gasteiger partial charge in [-0.05, 0) is 99.8 Å². The van der Waals surface area contributed by atoms with E-state index in [1.807, 2.05) is 12.1 Å². The van der Waals surface area contributed by atoms with E-state index < -0.39 is 0 Å². The normalized spacial score (nSPS) is 22.6. The number of hydrogen-bond acceptors (Lipinski definition) is 4.